The van der Waals surface area contributed by atoms with Gasteiger partial charge in [-0.1, -0.05) is 0 Å². The summed E-state index contributed by atoms with van der Waals surface area (Å²) in [6, 6.07) is 0.186. The van der Waals surface area contributed by atoms with Crippen molar-refractivity contribution in [2.24, 2.45) is 0 Å². The highest BCUT2D eigenvalue weighted by atomic mass is 35.5. The van der Waals surface area contributed by atoms with E-state index in [1.807, 2.05) is 6.92 Å². The molecule has 2 N–H and O–H groups in total. The Morgan fingerprint density at radius 3 is 2.56 bits per heavy atom. The lowest BCUT2D eigenvalue weighted by Crippen LogP contribution is -2.51. The summed E-state index contributed by atoms with van der Waals surface area (Å²) < 4.78 is 26.5. The van der Waals surface area contributed by atoms with Crippen molar-refractivity contribution >= 4 is 22.4 Å². The molecule has 1 aliphatic heterocycles. The molecule has 1 atom stereocenters. The van der Waals surface area contributed by atoms with Gasteiger partial charge in [0.1, 0.15) is 4.90 Å². The van der Waals surface area contributed by atoms with Crippen LogP contribution in [0.1, 0.15) is 18.3 Å². The van der Waals surface area contributed by atoms with Crippen molar-refractivity contribution in [3.05, 3.63) is 11.4 Å². The Bertz CT molecular complexity index is 494. The largest absolute Gasteiger partial charge is 0.312 e. The molecule has 0 saturated carbocycles. The highest BCUT2D eigenvalue weighted by molar-refractivity contribution is 7.89. The van der Waals surface area contributed by atoms with Crippen molar-refractivity contribution in [3.8, 4) is 0 Å². The van der Waals surface area contributed by atoms with Gasteiger partial charge in [0.15, 0.2) is 0 Å². The molecule has 104 valence electrons. The molecule has 0 unspecified atom stereocenters. The Hall–Kier alpha value is -0.630. The zero-order chi connectivity index (χ0) is 12.6. The number of aromatic nitrogens is 2. The van der Waals surface area contributed by atoms with Crippen LogP contribution >= 0.6 is 12.4 Å². The molecule has 0 aromatic carbocycles. The third-order valence-corrected chi connectivity index (χ3v) is 5.12. The number of nitrogens with zero attached hydrogens (tertiary/aromatic N) is 2. The molecule has 0 spiro atoms. The van der Waals surface area contributed by atoms with Gasteiger partial charge in [-0.15, -0.1) is 12.4 Å². The van der Waals surface area contributed by atoms with Crippen LogP contribution in [0.4, 0.5) is 0 Å². The van der Waals surface area contributed by atoms with E-state index in [0.29, 0.717) is 35.9 Å². The number of aryl methyl sites for hydroxylation is 2. The van der Waals surface area contributed by atoms with Gasteiger partial charge in [0.25, 0.3) is 0 Å². The Morgan fingerprint density at radius 1 is 1.39 bits per heavy atom. The molecule has 0 bridgehead atoms. The van der Waals surface area contributed by atoms with E-state index in [1.165, 1.54) is 4.31 Å². The fourth-order valence-corrected chi connectivity index (χ4v) is 4.03. The predicted octanol–water partition coefficient (Wildman–Crippen LogP) is 0.431. The second-order valence-electron chi connectivity index (χ2n) is 4.48. The zero-order valence-corrected chi connectivity index (χ0v) is 12.4. The van der Waals surface area contributed by atoms with Crippen molar-refractivity contribution in [2.45, 2.75) is 31.7 Å². The molecule has 1 fully saturated rings. The van der Waals surface area contributed by atoms with E-state index in [4.69, 9.17) is 0 Å². The van der Waals surface area contributed by atoms with E-state index in [1.54, 1.807) is 13.8 Å². The monoisotopic (exact) mass is 294 g/mol. The molecule has 1 aliphatic rings. The number of sulfonamides is 1. The first kappa shape index (κ1) is 15.4. The van der Waals surface area contributed by atoms with Crippen LogP contribution in [0.3, 0.4) is 0 Å². The predicted molar refractivity (Wildman–Crippen MR) is 71.5 cm³/mol. The number of nitrogens with one attached hydrogen (secondary N) is 2. The average Bonchev–Trinajstić information content (AvgIpc) is 2.59. The standard InChI is InChI=1S/C10H18N4O2S.ClH/c1-7-6-14(5-4-11-7)17(15,16)10-8(2)12-13-9(10)3;/h7,11H,4-6H2,1-3H3,(H,12,13);1H/t7-;/m0./s1. The molecule has 8 heteroatoms. The summed E-state index contributed by atoms with van der Waals surface area (Å²) in [6.07, 6.45) is 0. The summed E-state index contributed by atoms with van der Waals surface area (Å²) >= 11 is 0. The fraction of sp³-hybridized carbons (Fsp3) is 0.700. The maximum absolute atomic E-state index is 12.5. The first-order valence-electron chi connectivity index (χ1n) is 5.68. The lowest BCUT2D eigenvalue weighted by atomic mass is 10.3. The van der Waals surface area contributed by atoms with Crippen LogP contribution in [0.25, 0.3) is 0 Å². The van der Waals surface area contributed by atoms with Crippen LogP contribution in [0.5, 0.6) is 0 Å². The van der Waals surface area contributed by atoms with Gasteiger partial charge in [0.2, 0.25) is 10.0 Å². The lowest BCUT2D eigenvalue weighted by molar-refractivity contribution is 0.310. The number of aromatic amines is 1. The van der Waals surface area contributed by atoms with Crippen LogP contribution in [0.15, 0.2) is 4.90 Å². The van der Waals surface area contributed by atoms with E-state index >= 15 is 0 Å². The molecule has 0 aliphatic carbocycles. The minimum atomic E-state index is -3.41. The molecule has 1 aromatic heterocycles. The number of H-pyrrole nitrogens is 1. The molecule has 0 amide bonds. The number of rotatable bonds is 2. The molecule has 6 nitrogen and oxygen atoms in total. The van der Waals surface area contributed by atoms with Gasteiger partial charge in [-0.2, -0.15) is 9.40 Å². The van der Waals surface area contributed by atoms with Crippen LogP contribution in [0.2, 0.25) is 0 Å². The molecule has 18 heavy (non-hydrogen) atoms. The molecular formula is C10H19ClN4O2S. The van der Waals surface area contributed by atoms with Gasteiger partial charge in [0.05, 0.1) is 11.4 Å². The van der Waals surface area contributed by atoms with Gasteiger partial charge >= 0.3 is 0 Å². The quantitative estimate of drug-likeness (QED) is 0.829. The summed E-state index contributed by atoms with van der Waals surface area (Å²) in [5.74, 6) is 0. The third-order valence-electron chi connectivity index (χ3n) is 2.99. The summed E-state index contributed by atoms with van der Waals surface area (Å²) in [5, 5.41) is 9.90. The van der Waals surface area contributed by atoms with Gasteiger partial charge in [0, 0.05) is 25.7 Å². The highest BCUT2D eigenvalue weighted by Crippen LogP contribution is 2.22. The summed E-state index contributed by atoms with van der Waals surface area (Å²) in [7, 11) is -3.41. The van der Waals surface area contributed by atoms with Crippen molar-refractivity contribution in [3.63, 3.8) is 0 Å². The van der Waals surface area contributed by atoms with E-state index < -0.39 is 10.0 Å². The van der Waals surface area contributed by atoms with E-state index in [2.05, 4.69) is 15.5 Å². The maximum atomic E-state index is 12.5. The number of hydrogen-bond donors (Lipinski definition) is 2. The Balaban J connectivity index is 0.00000162. The molecule has 2 rings (SSSR count). The summed E-state index contributed by atoms with van der Waals surface area (Å²) in [5.41, 5.74) is 1.14. The van der Waals surface area contributed by atoms with Crippen LogP contribution in [-0.4, -0.2) is 48.6 Å². The summed E-state index contributed by atoms with van der Waals surface area (Å²) in [4.78, 5) is 0.326. The van der Waals surface area contributed by atoms with Crippen LogP contribution < -0.4 is 5.32 Å². The summed E-state index contributed by atoms with van der Waals surface area (Å²) in [6.45, 7) is 7.14. The first-order valence-corrected chi connectivity index (χ1v) is 7.12. The third kappa shape index (κ3) is 2.69. The van der Waals surface area contributed by atoms with Gasteiger partial charge in [-0.3, -0.25) is 5.10 Å². The smallest absolute Gasteiger partial charge is 0.246 e. The Kier molecular flexibility index (Phi) is 4.77. The topological polar surface area (TPSA) is 78.1 Å². The van der Waals surface area contributed by atoms with Crippen molar-refractivity contribution in [1.82, 2.24) is 19.8 Å². The van der Waals surface area contributed by atoms with Gasteiger partial charge in [-0.25, -0.2) is 8.42 Å². The van der Waals surface area contributed by atoms with Crippen LogP contribution in [-0.2, 0) is 10.0 Å². The fourth-order valence-electron chi connectivity index (χ4n) is 2.17. The van der Waals surface area contributed by atoms with Gasteiger partial charge < -0.3 is 5.32 Å². The van der Waals surface area contributed by atoms with Crippen molar-refractivity contribution in [1.29, 1.82) is 0 Å². The lowest BCUT2D eigenvalue weighted by Gasteiger charge is -2.31. The number of piperazine rings is 1. The van der Waals surface area contributed by atoms with E-state index in [9.17, 15) is 8.42 Å². The van der Waals surface area contributed by atoms with E-state index in [-0.39, 0.29) is 18.4 Å². The highest BCUT2D eigenvalue weighted by Gasteiger charge is 2.32. The zero-order valence-electron chi connectivity index (χ0n) is 10.7. The van der Waals surface area contributed by atoms with Crippen molar-refractivity contribution < 1.29 is 8.42 Å². The number of halogens is 1. The molecular weight excluding hydrogens is 276 g/mol. The normalized spacial score (nSPS) is 21.6. The maximum Gasteiger partial charge on any atom is 0.246 e. The Morgan fingerprint density at radius 2 is 2.06 bits per heavy atom. The minimum absolute atomic E-state index is 0. The second kappa shape index (κ2) is 5.56. The van der Waals surface area contributed by atoms with Gasteiger partial charge in [-0.05, 0) is 20.8 Å². The second-order valence-corrected chi connectivity index (χ2v) is 6.36. The SMILES string of the molecule is Cc1n[nH]c(C)c1S(=O)(=O)N1CCN[C@@H](C)C1.Cl. The minimum Gasteiger partial charge on any atom is -0.312 e. The molecule has 1 saturated heterocycles. The molecule has 2 heterocycles. The van der Waals surface area contributed by atoms with Crippen molar-refractivity contribution in [2.75, 3.05) is 19.6 Å². The first-order chi connectivity index (χ1) is 7.93. The van der Waals surface area contributed by atoms with Crippen LogP contribution in [0, 0.1) is 13.8 Å². The molecule has 1 aromatic rings. The van der Waals surface area contributed by atoms with E-state index in [0.717, 1.165) is 0 Å². The Labute approximate surface area is 114 Å². The molecule has 0 radical (unpaired) electrons. The number of hydrogen-bond acceptors (Lipinski definition) is 4. The average molecular weight is 295 g/mol.